The van der Waals surface area contributed by atoms with Crippen molar-refractivity contribution < 1.29 is 57.8 Å². The topological polar surface area (TPSA) is 215 Å². The molecule has 1 saturated heterocycles. The number of hydrogen-bond donors (Lipinski definition) is 3. The molecule has 1 rings (SSSR count). The van der Waals surface area contributed by atoms with E-state index in [9.17, 15) is 44.0 Å². The highest BCUT2D eigenvalue weighted by Gasteiger charge is 2.44. The first kappa shape index (κ1) is 18.1. The van der Waals surface area contributed by atoms with Crippen LogP contribution < -0.4 is 19.6 Å². The third-order valence-corrected chi connectivity index (χ3v) is 3.23. The van der Waals surface area contributed by atoms with Gasteiger partial charge in [0.25, 0.3) is 0 Å². The van der Waals surface area contributed by atoms with Crippen molar-refractivity contribution in [1.82, 2.24) is 0 Å². The Morgan fingerprint density at radius 3 is 1.95 bits per heavy atom. The maximum Gasteiger partial charge on any atom is 0.191 e. The van der Waals surface area contributed by atoms with Crippen LogP contribution in [0.3, 0.4) is 0 Å². The summed E-state index contributed by atoms with van der Waals surface area (Å²) in [6, 6.07) is 0. The fourth-order valence-corrected chi connectivity index (χ4v) is 2.19. The highest BCUT2D eigenvalue weighted by Crippen LogP contribution is 2.34. The standard InChI is InChI=1S/C6H14O12P2/c7-3-2(1-16-19(10,11)12)17-6(5(9)4(3)8)18-20(13,14)15/h2-9H,1H2,(H2,10,11,12)(H2,13,14,15)/p-4/t2-,3-,4+,5+,6-/m1/s1. The predicted molar refractivity (Wildman–Crippen MR) is 48.9 cm³/mol. The van der Waals surface area contributed by atoms with Gasteiger partial charge in [0.2, 0.25) is 0 Å². The predicted octanol–water partition coefficient (Wildman–Crippen LogP) is -5.52. The highest BCUT2D eigenvalue weighted by atomic mass is 31.2. The molecule has 0 unspecified atom stereocenters. The van der Waals surface area contributed by atoms with Crippen LogP contribution >= 0.6 is 15.6 Å². The number of hydrogen-bond acceptors (Lipinski definition) is 12. The number of aliphatic hydroxyl groups is 3. The van der Waals surface area contributed by atoms with Gasteiger partial charge in [0.05, 0.1) is 22.3 Å². The molecule has 0 bridgehead atoms. The molecule has 0 amide bonds. The summed E-state index contributed by atoms with van der Waals surface area (Å²) in [5.74, 6) is 0. The molecule has 1 heterocycles. The molecule has 1 aliphatic rings. The SMILES string of the molecule is O=P([O-])([O-])OC[C@H]1O[C@H](OP(=O)([O-])[O-])[C@@H](O)[C@@H](O)[C@@H]1O. The molecular weight excluding hydrogens is 326 g/mol. The van der Waals surface area contributed by atoms with Gasteiger partial charge in [-0.25, -0.2) is 0 Å². The Bertz CT molecular complexity index is 412. The van der Waals surface area contributed by atoms with Crippen molar-refractivity contribution in [3.63, 3.8) is 0 Å². The lowest BCUT2D eigenvalue weighted by Gasteiger charge is -2.44. The van der Waals surface area contributed by atoms with Crippen LogP contribution in [0.5, 0.6) is 0 Å². The lowest BCUT2D eigenvalue weighted by Crippen LogP contribution is -2.59. The average molecular weight is 336 g/mol. The van der Waals surface area contributed by atoms with Crippen molar-refractivity contribution in [1.29, 1.82) is 0 Å². The summed E-state index contributed by atoms with van der Waals surface area (Å²) in [4.78, 5) is 41.3. The lowest BCUT2D eigenvalue weighted by atomic mass is 10.00. The average Bonchev–Trinajstić information content (AvgIpc) is 2.25. The lowest BCUT2D eigenvalue weighted by molar-refractivity contribution is -0.371. The summed E-state index contributed by atoms with van der Waals surface area (Å²) in [6.07, 6.45) is -9.92. The molecular formula is C6H10O12P2-4. The van der Waals surface area contributed by atoms with Gasteiger partial charge in [-0.3, -0.25) is 0 Å². The van der Waals surface area contributed by atoms with Gasteiger partial charge in [-0.05, 0) is 0 Å². The Labute approximate surface area is 112 Å². The Kier molecular flexibility index (Phi) is 5.83. The van der Waals surface area contributed by atoms with Gasteiger partial charge < -0.3 is 57.8 Å². The Morgan fingerprint density at radius 2 is 1.50 bits per heavy atom. The monoisotopic (exact) mass is 336 g/mol. The highest BCUT2D eigenvalue weighted by molar-refractivity contribution is 7.43. The number of rotatable bonds is 5. The quantitative estimate of drug-likeness (QED) is 0.401. The van der Waals surface area contributed by atoms with Crippen molar-refractivity contribution in [2.75, 3.05) is 6.61 Å². The van der Waals surface area contributed by atoms with Gasteiger partial charge in [-0.15, -0.1) is 0 Å². The second-order valence-electron chi connectivity index (χ2n) is 3.81. The first-order valence-electron chi connectivity index (χ1n) is 4.97. The Hall–Kier alpha value is 0.0600. The molecule has 1 aliphatic heterocycles. The third kappa shape index (κ3) is 5.45. The molecule has 0 spiro atoms. The van der Waals surface area contributed by atoms with Crippen LogP contribution in [0, 0.1) is 0 Å². The smallest absolute Gasteiger partial charge is 0.191 e. The maximum atomic E-state index is 10.4. The number of phosphoric acid groups is 2. The van der Waals surface area contributed by atoms with Crippen LogP contribution in [-0.4, -0.2) is 52.6 Å². The fraction of sp³-hybridized carbons (Fsp3) is 1.00. The molecule has 120 valence electrons. The fourth-order valence-electron chi connectivity index (χ4n) is 1.43. The molecule has 0 aliphatic carbocycles. The maximum absolute atomic E-state index is 10.4. The summed E-state index contributed by atoms with van der Waals surface area (Å²) in [6.45, 7) is -1.07. The second-order valence-corrected chi connectivity index (χ2v) is 6.07. The van der Waals surface area contributed by atoms with Crippen molar-refractivity contribution in [3.8, 4) is 0 Å². The van der Waals surface area contributed by atoms with E-state index in [1.807, 2.05) is 0 Å². The summed E-state index contributed by atoms with van der Waals surface area (Å²) in [5.41, 5.74) is 0. The molecule has 0 saturated carbocycles. The van der Waals surface area contributed by atoms with Crippen LogP contribution in [0.2, 0.25) is 0 Å². The summed E-state index contributed by atoms with van der Waals surface area (Å²) in [7, 11) is -11.0. The third-order valence-electron chi connectivity index (χ3n) is 2.30. The molecule has 20 heavy (non-hydrogen) atoms. The second kappa shape index (κ2) is 6.44. The van der Waals surface area contributed by atoms with Crippen molar-refractivity contribution in [2.45, 2.75) is 30.7 Å². The van der Waals surface area contributed by atoms with Crippen LogP contribution in [0.15, 0.2) is 0 Å². The van der Waals surface area contributed by atoms with Crippen molar-refractivity contribution >= 4 is 15.6 Å². The first-order valence-corrected chi connectivity index (χ1v) is 7.89. The molecule has 12 nitrogen and oxygen atoms in total. The zero-order valence-corrected chi connectivity index (χ0v) is 11.3. The van der Waals surface area contributed by atoms with Gasteiger partial charge in [0, 0.05) is 0 Å². The Balaban J connectivity index is 2.76. The molecule has 0 aromatic carbocycles. The molecule has 5 atom stereocenters. The zero-order chi connectivity index (χ0) is 15.7. The molecule has 0 radical (unpaired) electrons. The summed E-state index contributed by atoms with van der Waals surface area (Å²) in [5, 5.41) is 28.1. The van der Waals surface area contributed by atoms with Crippen molar-refractivity contribution in [3.05, 3.63) is 0 Å². The van der Waals surface area contributed by atoms with Gasteiger partial charge in [0.1, 0.15) is 24.4 Å². The van der Waals surface area contributed by atoms with Gasteiger partial charge in [-0.1, -0.05) is 0 Å². The Morgan fingerprint density at radius 1 is 0.950 bits per heavy atom. The number of ether oxygens (including phenoxy) is 1. The van der Waals surface area contributed by atoms with Gasteiger partial charge in [0.15, 0.2) is 6.29 Å². The molecule has 3 N–H and O–H groups in total. The van der Waals surface area contributed by atoms with Gasteiger partial charge in [-0.2, -0.15) is 0 Å². The van der Waals surface area contributed by atoms with E-state index in [0.29, 0.717) is 0 Å². The minimum Gasteiger partial charge on any atom is -0.790 e. The largest absolute Gasteiger partial charge is 0.790 e. The van der Waals surface area contributed by atoms with E-state index in [2.05, 4.69) is 13.8 Å². The number of phosphoric ester groups is 2. The van der Waals surface area contributed by atoms with E-state index >= 15 is 0 Å². The van der Waals surface area contributed by atoms with E-state index in [1.54, 1.807) is 0 Å². The van der Waals surface area contributed by atoms with Crippen molar-refractivity contribution in [2.24, 2.45) is 0 Å². The summed E-state index contributed by atoms with van der Waals surface area (Å²) >= 11 is 0. The van der Waals surface area contributed by atoms with E-state index < -0.39 is 53.0 Å². The molecule has 1 fully saturated rings. The normalized spacial score (nSPS) is 36.0. The minimum absolute atomic E-state index is 1.07. The van der Waals surface area contributed by atoms with Crippen LogP contribution in [0.1, 0.15) is 0 Å². The minimum atomic E-state index is -5.59. The van der Waals surface area contributed by atoms with E-state index in [-0.39, 0.29) is 0 Å². The van der Waals surface area contributed by atoms with Gasteiger partial charge >= 0.3 is 0 Å². The van der Waals surface area contributed by atoms with E-state index in [1.165, 1.54) is 0 Å². The molecule has 0 aromatic rings. The zero-order valence-electron chi connectivity index (χ0n) is 9.50. The van der Waals surface area contributed by atoms with Crippen LogP contribution in [0.4, 0.5) is 0 Å². The van der Waals surface area contributed by atoms with Crippen LogP contribution in [0.25, 0.3) is 0 Å². The number of aliphatic hydroxyl groups excluding tert-OH is 3. The molecule has 14 heteroatoms. The molecule has 0 aromatic heterocycles. The van der Waals surface area contributed by atoms with E-state index in [0.717, 1.165) is 0 Å². The van der Waals surface area contributed by atoms with E-state index in [4.69, 9.17) is 0 Å². The summed E-state index contributed by atoms with van der Waals surface area (Å²) < 4.78 is 32.8. The van der Waals surface area contributed by atoms with Crippen LogP contribution in [-0.2, 0) is 22.9 Å². The first-order chi connectivity index (χ1) is 8.91.